The molecule has 0 saturated carbocycles. The standard InChI is InChI=1S/C16H13FO6/c1-8-10(14(20)21)3-2-6-16(8,15(22)23)13(19)9-4-5-11(17)12(18)7-9/h2-8,18H,1H3,(H,20,21)(H,22,23). The Bertz CT molecular complexity index is 764. The first-order chi connectivity index (χ1) is 10.7. The zero-order valence-electron chi connectivity index (χ0n) is 12.0. The van der Waals surface area contributed by atoms with Crippen molar-refractivity contribution in [3.05, 3.63) is 53.4 Å². The van der Waals surface area contributed by atoms with Crippen molar-refractivity contribution in [2.75, 3.05) is 0 Å². The number of Topliss-reactive ketones (excluding diaryl/α,β-unsaturated/α-hetero) is 1. The van der Waals surface area contributed by atoms with Crippen molar-refractivity contribution in [2.45, 2.75) is 6.92 Å². The molecular formula is C16H13FO6. The molecule has 6 nitrogen and oxygen atoms in total. The number of rotatable bonds is 4. The average Bonchev–Trinajstić information content (AvgIpc) is 2.49. The van der Waals surface area contributed by atoms with E-state index in [4.69, 9.17) is 5.11 Å². The largest absolute Gasteiger partial charge is 0.505 e. The number of aromatic hydroxyl groups is 1. The molecule has 120 valence electrons. The minimum Gasteiger partial charge on any atom is -0.505 e. The van der Waals surface area contributed by atoms with Crippen LogP contribution in [0.1, 0.15) is 17.3 Å². The molecule has 0 fully saturated rings. The van der Waals surface area contributed by atoms with Gasteiger partial charge in [0.25, 0.3) is 0 Å². The van der Waals surface area contributed by atoms with E-state index in [-0.39, 0.29) is 11.1 Å². The van der Waals surface area contributed by atoms with E-state index in [1.165, 1.54) is 19.1 Å². The lowest BCUT2D eigenvalue weighted by Crippen LogP contribution is -2.46. The van der Waals surface area contributed by atoms with Gasteiger partial charge >= 0.3 is 11.9 Å². The number of phenolic OH excluding ortho intramolecular Hbond substituents is 1. The summed E-state index contributed by atoms with van der Waals surface area (Å²) in [6.07, 6.45) is 3.53. The molecule has 2 atom stereocenters. The number of carboxylic acids is 2. The molecule has 2 rings (SSSR count). The van der Waals surface area contributed by atoms with Crippen LogP contribution in [-0.2, 0) is 9.59 Å². The van der Waals surface area contributed by atoms with E-state index in [1.54, 1.807) is 0 Å². The molecule has 0 saturated heterocycles. The first-order valence-electron chi connectivity index (χ1n) is 6.61. The number of allylic oxidation sites excluding steroid dienone is 2. The van der Waals surface area contributed by atoms with Gasteiger partial charge in [0.1, 0.15) is 0 Å². The van der Waals surface area contributed by atoms with Gasteiger partial charge < -0.3 is 15.3 Å². The molecule has 0 radical (unpaired) electrons. The Balaban J connectivity index is 2.58. The lowest BCUT2D eigenvalue weighted by atomic mass is 9.66. The molecule has 1 aliphatic rings. The van der Waals surface area contributed by atoms with Gasteiger partial charge in [0.05, 0.1) is 0 Å². The summed E-state index contributed by atoms with van der Waals surface area (Å²) in [5, 5.41) is 28.1. The van der Waals surface area contributed by atoms with Gasteiger partial charge in [-0.05, 0) is 18.2 Å². The van der Waals surface area contributed by atoms with Gasteiger partial charge in [0.2, 0.25) is 0 Å². The first kappa shape index (κ1) is 16.4. The van der Waals surface area contributed by atoms with Crippen molar-refractivity contribution in [2.24, 2.45) is 11.3 Å². The van der Waals surface area contributed by atoms with E-state index in [2.05, 4.69) is 0 Å². The number of hydrogen-bond donors (Lipinski definition) is 3. The molecule has 0 amide bonds. The summed E-state index contributed by atoms with van der Waals surface area (Å²) in [5.74, 6) is -6.69. The summed E-state index contributed by atoms with van der Waals surface area (Å²) < 4.78 is 13.1. The van der Waals surface area contributed by atoms with E-state index < -0.39 is 40.6 Å². The van der Waals surface area contributed by atoms with E-state index in [0.717, 1.165) is 24.3 Å². The number of carbonyl (C=O) groups excluding carboxylic acids is 1. The SMILES string of the molecule is CC1C(C(=O)O)=CC=CC1(C(=O)O)C(=O)c1ccc(F)c(O)c1. The predicted molar refractivity (Wildman–Crippen MR) is 76.5 cm³/mol. The van der Waals surface area contributed by atoms with E-state index >= 15 is 0 Å². The van der Waals surface area contributed by atoms with Crippen molar-refractivity contribution in [3.8, 4) is 5.75 Å². The zero-order chi connectivity index (χ0) is 17.4. The van der Waals surface area contributed by atoms with E-state index in [9.17, 15) is 29.0 Å². The summed E-state index contributed by atoms with van der Waals surface area (Å²) in [6, 6.07) is 2.70. The Labute approximate surface area is 130 Å². The van der Waals surface area contributed by atoms with E-state index in [0.29, 0.717) is 0 Å². The van der Waals surface area contributed by atoms with Crippen LogP contribution in [0.5, 0.6) is 5.75 Å². The highest BCUT2D eigenvalue weighted by Gasteiger charge is 2.52. The van der Waals surface area contributed by atoms with Crippen LogP contribution >= 0.6 is 0 Å². The fourth-order valence-electron chi connectivity index (χ4n) is 2.61. The van der Waals surface area contributed by atoms with Crippen LogP contribution in [0.4, 0.5) is 4.39 Å². The van der Waals surface area contributed by atoms with Crippen LogP contribution < -0.4 is 0 Å². The Kier molecular flexibility index (Phi) is 4.05. The Morgan fingerprint density at radius 1 is 1.22 bits per heavy atom. The number of hydrogen-bond acceptors (Lipinski definition) is 4. The van der Waals surface area contributed by atoms with Gasteiger partial charge in [-0.2, -0.15) is 0 Å². The third-order valence-corrected chi connectivity index (χ3v) is 3.97. The summed E-state index contributed by atoms with van der Waals surface area (Å²) in [6.45, 7) is 1.32. The fourth-order valence-corrected chi connectivity index (χ4v) is 2.61. The predicted octanol–water partition coefficient (Wildman–Crippen LogP) is 2.00. The molecule has 1 aromatic rings. The second-order valence-electron chi connectivity index (χ2n) is 5.18. The van der Waals surface area contributed by atoms with Crippen LogP contribution in [0.15, 0.2) is 42.0 Å². The van der Waals surface area contributed by atoms with Crippen molar-refractivity contribution in [1.29, 1.82) is 0 Å². The van der Waals surface area contributed by atoms with Crippen LogP contribution in [0, 0.1) is 17.2 Å². The number of ketones is 1. The summed E-state index contributed by atoms with van der Waals surface area (Å²) in [4.78, 5) is 35.7. The molecule has 0 aromatic heterocycles. The quantitative estimate of drug-likeness (QED) is 0.578. The molecule has 7 heteroatoms. The summed E-state index contributed by atoms with van der Waals surface area (Å²) >= 11 is 0. The van der Waals surface area contributed by atoms with Crippen molar-refractivity contribution >= 4 is 17.7 Å². The molecule has 0 spiro atoms. The highest BCUT2D eigenvalue weighted by atomic mass is 19.1. The minimum absolute atomic E-state index is 0.227. The molecule has 3 N–H and O–H groups in total. The molecule has 0 heterocycles. The topological polar surface area (TPSA) is 112 Å². The molecule has 0 aliphatic heterocycles. The summed E-state index contributed by atoms with van der Waals surface area (Å²) in [7, 11) is 0. The number of carbonyl (C=O) groups is 3. The number of aliphatic carboxylic acids is 2. The second kappa shape index (κ2) is 5.68. The number of phenols is 1. The third kappa shape index (κ3) is 2.50. The maximum atomic E-state index is 13.1. The second-order valence-corrected chi connectivity index (χ2v) is 5.18. The molecule has 1 aromatic carbocycles. The lowest BCUT2D eigenvalue weighted by Gasteiger charge is -2.33. The Morgan fingerprint density at radius 2 is 1.87 bits per heavy atom. The van der Waals surface area contributed by atoms with Gasteiger partial charge in [-0.25, -0.2) is 9.18 Å². The van der Waals surface area contributed by atoms with Crippen molar-refractivity contribution in [3.63, 3.8) is 0 Å². The average molecular weight is 320 g/mol. The maximum absolute atomic E-state index is 13.1. The third-order valence-electron chi connectivity index (χ3n) is 3.97. The van der Waals surface area contributed by atoms with Crippen molar-refractivity contribution < 1.29 is 34.1 Å². The molecule has 1 aliphatic carbocycles. The first-order valence-corrected chi connectivity index (χ1v) is 6.61. The number of carboxylic acid groups (broad SMARTS) is 2. The highest BCUT2D eigenvalue weighted by Crippen LogP contribution is 2.41. The highest BCUT2D eigenvalue weighted by molar-refractivity contribution is 6.15. The smallest absolute Gasteiger partial charge is 0.331 e. The number of benzene rings is 1. The Hall–Kier alpha value is -2.96. The van der Waals surface area contributed by atoms with Gasteiger partial charge in [-0.3, -0.25) is 9.59 Å². The molecule has 2 unspecified atom stereocenters. The minimum atomic E-state index is -2.15. The summed E-state index contributed by atoms with van der Waals surface area (Å²) in [5.41, 5.74) is -2.60. The van der Waals surface area contributed by atoms with Crippen LogP contribution in [0.25, 0.3) is 0 Å². The lowest BCUT2D eigenvalue weighted by molar-refractivity contribution is -0.145. The Morgan fingerprint density at radius 3 is 2.39 bits per heavy atom. The van der Waals surface area contributed by atoms with Gasteiger partial charge in [-0.15, -0.1) is 0 Å². The van der Waals surface area contributed by atoms with Crippen molar-refractivity contribution in [1.82, 2.24) is 0 Å². The van der Waals surface area contributed by atoms with Crippen LogP contribution in [0.2, 0.25) is 0 Å². The molecule has 23 heavy (non-hydrogen) atoms. The normalized spacial score (nSPS) is 23.2. The molecule has 0 bridgehead atoms. The van der Waals surface area contributed by atoms with Crippen LogP contribution in [-0.4, -0.2) is 33.0 Å². The fraction of sp³-hybridized carbons (Fsp3) is 0.188. The molecular weight excluding hydrogens is 307 g/mol. The van der Waals surface area contributed by atoms with Crippen LogP contribution in [0.3, 0.4) is 0 Å². The van der Waals surface area contributed by atoms with Gasteiger partial charge in [0.15, 0.2) is 22.8 Å². The van der Waals surface area contributed by atoms with E-state index in [1.807, 2.05) is 0 Å². The number of halogens is 1. The van der Waals surface area contributed by atoms with Gasteiger partial charge in [-0.1, -0.05) is 25.2 Å². The monoisotopic (exact) mass is 320 g/mol. The maximum Gasteiger partial charge on any atom is 0.331 e. The van der Waals surface area contributed by atoms with Gasteiger partial charge in [0, 0.05) is 17.1 Å². The zero-order valence-corrected chi connectivity index (χ0v) is 12.0.